The van der Waals surface area contributed by atoms with Crippen molar-refractivity contribution >= 4 is 28.4 Å². The monoisotopic (exact) mass is 536 g/mol. The van der Waals surface area contributed by atoms with Gasteiger partial charge in [0.05, 0.1) is 29.5 Å². The molecule has 0 aliphatic heterocycles. The number of anilines is 1. The lowest BCUT2D eigenvalue weighted by atomic mass is 9.97. The lowest BCUT2D eigenvalue weighted by Gasteiger charge is -2.24. The van der Waals surface area contributed by atoms with Crippen LogP contribution in [0, 0.1) is 11.6 Å². The van der Waals surface area contributed by atoms with Gasteiger partial charge in [-0.3, -0.25) is 4.79 Å². The molecule has 1 fully saturated rings. The molecule has 0 bridgehead atoms. The van der Waals surface area contributed by atoms with Crippen LogP contribution in [0.25, 0.3) is 10.9 Å². The van der Waals surface area contributed by atoms with Gasteiger partial charge in [-0.15, -0.1) is 0 Å². The first-order chi connectivity index (χ1) is 17.0. The van der Waals surface area contributed by atoms with Crippen LogP contribution in [-0.4, -0.2) is 63.2 Å². The minimum atomic E-state index is -4.23. The summed E-state index contributed by atoms with van der Waals surface area (Å²) in [4.78, 5) is 21.0. The minimum Gasteiger partial charge on any atom is -0.393 e. The Morgan fingerprint density at radius 1 is 1.22 bits per heavy atom. The largest absolute Gasteiger partial charge is 0.393 e. The molecule has 1 aliphatic carbocycles. The number of aliphatic hydroxyl groups excluding tert-OH is 1. The van der Waals surface area contributed by atoms with E-state index in [0.717, 1.165) is 25.7 Å². The van der Waals surface area contributed by atoms with Crippen molar-refractivity contribution in [3.63, 3.8) is 0 Å². The van der Waals surface area contributed by atoms with Crippen molar-refractivity contribution in [2.45, 2.75) is 81.7 Å². The van der Waals surface area contributed by atoms with E-state index in [2.05, 4.69) is 15.3 Å². The molecule has 1 aromatic carbocycles. The van der Waals surface area contributed by atoms with Crippen molar-refractivity contribution in [3.8, 4) is 0 Å². The van der Waals surface area contributed by atoms with Crippen LogP contribution in [0.4, 0.5) is 27.6 Å². The topological polar surface area (TPSA) is 81.2 Å². The first-order valence-electron chi connectivity index (χ1n) is 12.2. The number of hydrogen-bond donors (Lipinski definition) is 3. The number of benzene rings is 1. The molecule has 1 atom stereocenters. The summed E-state index contributed by atoms with van der Waals surface area (Å²) in [6.07, 6.45) is -1.81. The van der Waals surface area contributed by atoms with Crippen LogP contribution in [0.15, 0.2) is 10.9 Å². The Balaban J connectivity index is 1.68. The van der Waals surface area contributed by atoms with E-state index in [1.807, 2.05) is 0 Å². The van der Waals surface area contributed by atoms with Gasteiger partial charge >= 0.3 is 6.18 Å². The predicted molar refractivity (Wildman–Crippen MR) is 132 cm³/mol. The molecule has 1 unspecified atom stereocenters. The molecule has 0 spiro atoms. The Morgan fingerprint density at radius 2 is 1.92 bits per heavy atom. The summed E-state index contributed by atoms with van der Waals surface area (Å²) in [5.74, 6) is -1.74. The van der Waals surface area contributed by atoms with Gasteiger partial charge in [0.2, 0.25) is 0 Å². The maximum atomic E-state index is 14.8. The summed E-state index contributed by atoms with van der Waals surface area (Å²) in [6, 6.07) is 0.932. The van der Waals surface area contributed by atoms with Gasteiger partial charge in [0.25, 0.3) is 5.56 Å². The molecule has 202 valence electrons. The Hall–Kier alpha value is -1.92. The lowest BCUT2D eigenvalue weighted by molar-refractivity contribution is -0.137. The minimum absolute atomic E-state index is 0.0300. The van der Waals surface area contributed by atoms with Gasteiger partial charge < -0.3 is 20.3 Å². The molecule has 2 aromatic rings. The number of H-pyrrole nitrogens is 1. The quantitative estimate of drug-likeness (QED) is 0.343. The van der Waals surface area contributed by atoms with Gasteiger partial charge in [-0.25, -0.2) is 13.8 Å². The number of halogens is 5. The summed E-state index contributed by atoms with van der Waals surface area (Å²) >= 11 is 1.61. The fourth-order valence-electron chi connectivity index (χ4n) is 4.29. The highest BCUT2D eigenvalue weighted by Crippen LogP contribution is 2.31. The van der Waals surface area contributed by atoms with Gasteiger partial charge in [0, 0.05) is 24.4 Å². The molecule has 6 nitrogen and oxygen atoms in total. The predicted octanol–water partition coefficient (Wildman–Crippen LogP) is 5.20. The second-order valence-electron chi connectivity index (χ2n) is 9.33. The number of thioether (sulfide) groups is 1. The van der Waals surface area contributed by atoms with E-state index < -0.39 is 35.2 Å². The summed E-state index contributed by atoms with van der Waals surface area (Å²) in [5.41, 5.74) is -0.875. The fraction of sp³-hybridized carbons (Fsp3) is 0.667. The summed E-state index contributed by atoms with van der Waals surface area (Å²) in [5, 5.41) is 12.4. The van der Waals surface area contributed by atoms with Crippen LogP contribution in [0.5, 0.6) is 0 Å². The highest BCUT2D eigenvalue weighted by Gasteiger charge is 2.27. The zero-order valence-corrected chi connectivity index (χ0v) is 21.2. The third kappa shape index (κ3) is 8.04. The van der Waals surface area contributed by atoms with Crippen LogP contribution in [0.3, 0.4) is 0 Å². The standard InChI is InChI=1S/C24H33F5N4O2S/c1-3-33(11-9-24(27,28)29)10-8-14(2)30-18-12-17-20(22(26)21(18)25)23(35)32-19(31-17)13-36-16-6-4-15(34)5-7-16/h12,14-16,30,34H,3-11,13H2,1-2H3,(H,31,32,35)/t14?,15-,16-. The summed E-state index contributed by atoms with van der Waals surface area (Å²) < 4.78 is 67.0. The van der Waals surface area contributed by atoms with Crippen LogP contribution in [0.2, 0.25) is 0 Å². The van der Waals surface area contributed by atoms with Crippen molar-refractivity contribution in [3.05, 3.63) is 33.9 Å². The lowest BCUT2D eigenvalue weighted by Crippen LogP contribution is -2.32. The molecular weight excluding hydrogens is 503 g/mol. The number of alkyl halides is 3. The van der Waals surface area contributed by atoms with Crippen LogP contribution in [0.1, 0.15) is 58.2 Å². The van der Waals surface area contributed by atoms with Gasteiger partial charge in [-0.05, 0) is 51.6 Å². The Labute approximate surface area is 211 Å². The second-order valence-corrected chi connectivity index (χ2v) is 10.6. The van der Waals surface area contributed by atoms with E-state index in [4.69, 9.17) is 0 Å². The molecule has 1 heterocycles. The number of aliphatic hydroxyl groups is 1. The number of nitrogens with one attached hydrogen (secondary N) is 2. The van der Waals surface area contributed by atoms with Gasteiger partial charge in [0.15, 0.2) is 11.6 Å². The average molecular weight is 537 g/mol. The smallest absolute Gasteiger partial charge is 0.390 e. The summed E-state index contributed by atoms with van der Waals surface area (Å²) in [6.45, 7) is 4.17. The molecular formula is C24H33F5N4O2S. The highest BCUT2D eigenvalue weighted by atomic mass is 32.2. The molecule has 12 heteroatoms. The van der Waals surface area contributed by atoms with E-state index >= 15 is 0 Å². The molecule has 1 saturated carbocycles. The molecule has 1 aromatic heterocycles. The maximum Gasteiger partial charge on any atom is 0.390 e. The number of aromatic amines is 1. The molecule has 0 amide bonds. The molecule has 36 heavy (non-hydrogen) atoms. The van der Waals surface area contributed by atoms with Crippen LogP contribution in [-0.2, 0) is 5.75 Å². The van der Waals surface area contributed by atoms with E-state index in [-0.39, 0.29) is 29.9 Å². The van der Waals surface area contributed by atoms with Crippen LogP contribution >= 0.6 is 11.8 Å². The van der Waals surface area contributed by atoms with E-state index in [9.17, 15) is 31.9 Å². The normalized spacial score (nSPS) is 19.7. The van der Waals surface area contributed by atoms with Gasteiger partial charge in [0.1, 0.15) is 11.2 Å². The van der Waals surface area contributed by atoms with Gasteiger partial charge in [-0.1, -0.05) is 6.92 Å². The fourth-order valence-corrected chi connectivity index (χ4v) is 5.43. The van der Waals surface area contributed by atoms with Crippen molar-refractivity contribution in [1.82, 2.24) is 14.9 Å². The third-order valence-electron chi connectivity index (χ3n) is 6.46. The first kappa shape index (κ1) is 28.6. The number of fused-ring (bicyclic) bond motifs is 1. The zero-order chi connectivity index (χ0) is 26.5. The molecule has 0 radical (unpaired) electrons. The number of aromatic nitrogens is 2. The van der Waals surface area contributed by atoms with Crippen molar-refractivity contribution < 1.29 is 27.1 Å². The zero-order valence-electron chi connectivity index (χ0n) is 20.4. The second kappa shape index (κ2) is 12.6. The maximum absolute atomic E-state index is 14.8. The van der Waals surface area contributed by atoms with E-state index in [1.165, 1.54) is 6.07 Å². The molecule has 3 rings (SSSR count). The molecule has 1 aliphatic rings. The Kier molecular flexibility index (Phi) is 9.99. The number of hydrogen-bond acceptors (Lipinski definition) is 6. The Morgan fingerprint density at radius 3 is 2.56 bits per heavy atom. The summed E-state index contributed by atoms with van der Waals surface area (Å²) in [7, 11) is 0. The average Bonchev–Trinajstić information content (AvgIpc) is 2.81. The van der Waals surface area contributed by atoms with Crippen molar-refractivity contribution in [1.29, 1.82) is 0 Å². The molecule has 0 saturated heterocycles. The SMILES string of the molecule is CCN(CCC(C)Nc1cc2nc(CS[C@H]3CC[C@H](O)CC3)[nH]c(=O)c2c(F)c1F)CCC(F)(F)F. The number of rotatable bonds is 11. The Bertz CT molecular complexity index is 1070. The van der Waals surface area contributed by atoms with E-state index in [0.29, 0.717) is 36.3 Å². The number of nitrogens with zero attached hydrogens (tertiary/aromatic N) is 2. The third-order valence-corrected chi connectivity index (χ3v) is 7.85. The van der Waals surface area contributed by atoms with Crippen molar-refractivity contribution in [2.24, 2.45) is 0 Å². The van der Waals surface area contributed by atoms with Crippen LogP contribution < -0.4 is 10.9 Å². The highest BCUT2D eigenvalue weighted by molar-refractivity contribution is 7.99. The first-order valence-corrected chi connectivity index (χ1v) is 13.3. The van der Waals surface area contributed by atoms with Crippen molar-refractivity contribution in [2.75, 3.05) is 25.0 Å². The molecule has 3 N–H and O–H groups in total. The van der Waals surface area contributed by atoms with E-state index in [1.54, 1.807) is 30.5 Å². The van der Waals surface area contributed by atoms with Gasteiger partial charge in [-0.2, -0.15) is 24.9 Å².